The summed E-state index contributed by atoms with van der Waals surface area (Å²) in [5.74, 6) is -0.520. The Bertz CT molecular complexity index is 426. The van der Waals surface area contributed by atoms with Gasteiger partial charge in [0.15, 0.2) is 12.6 Å². The lowest BCUT2D eigenvalue weighted by Gasteiger charge is -2.26. The van der Waals surface area contributed by atoms with Crippen molar-refractivity contribution in [2.45, 2.75) is 77.4 Å². The summed E-state index contributed by atoms with van der Waals surface area (Å²) in [6, 6.07) is 0. The highest BCUT2D eigenvalue weighted by molar-refractivity contribution is 5.83. The summed E-state index contributed by atoms with van der Waals surface area (Å²) in [5, 5.41) is 0. The zero-order chi connectivity index (χ0) is 19.3. The number of rotatable bonds is 13. The summed E-state index contributed by atoms with van der Waals surface area (Å²) in [6.07, 6.45) is 3.33. The van der Waals surface area contributed by atoms with Gasteiger partial charge in [0.05, 0.1) is 19.6 Å². The molecule has 1 saturated heterocycles. The first-order valence-electron chi connectivity index (χ1n) is 9.64. The molecule has 0 aromatic rings. The average Bonchev–Trinajstić information content (AvgIpc) is 2.65. The van der Waals surface area contributed by atoms with E-state index in [-0.39, 0.29) is 19.3 Å². The fourth-order valence-electron chi connectivity index (χ4n) is 2.94. The van der Waals surface area contributed by atoms with Gasteiger partial charge in [-0.2, -0.15) is 0 Å². The minimum absolute atomic E-state index is 0.150. The molecule has 0 aromatic carbocycles. The maximum Gasteiger partial charge on any atom is 0.393 e. The molecule has 2 unspecified atom stereocenters. The van der Waals surface area contributed by atoms with Crippen molar-refractivity contribution in [1.82, 2.24) is 0 Å². The van der Waals surface area contributed by atoms with Crippen molar-refractivity contribution in [3.63, 3.8) is 0 Å². The lowest BCUT2D eigenvalue weighted by molar-refractivity contribution is -0.169. The molecule has 150 valence electrons. The summed E-state index contributed by atoms with van der Waals surface area (Å²) < 4.78 is 27.5. The van der Waals surface area contributed by atoms with E-state index in [0.29, 0.717) is 32.7 Å². The van der Waals surface area contributed by atoms with Gasteiger partial charge in [-0.3, -0.25) is 4.85 Å². The van der Waals surface area contributed by atoms with E-state index >= 15 is 0 Å². The van der Waals surface area contributed by atoms with Gasteiger partial charge in [0, 0.05) is 26.2 Å². The second-order valence-corrected chi connectivity index (χ2v) is 6.18. The summed E-state index contributed by atoms with van der Waals surface area (Å²) >= 11 is 0. The van der Waals surface area contributed by atoms with Gasteiger partial charge in [0.25, 0.3) is 0 Å². The molecule has 0 N–H and O–H groups in total. The van der Waals surface area contributed by atoms with Crippen LogP contribution in [0.1, 0.15) is 59.3 Å². The third-order valence-electron chi connectivity index (χ3n) is 4.26. The van der Waals surface area contributed by atoms with Crippen LogP contribution in [0, 0.1) is 6.57 Å². The standard InChI is InChI=1S/C19H33NO6/c1-5-22-17(23-6-2)15-19(20-4,18(21)24-7-3)12-10-14-26-16-11-8-9-13-25-16/h16-17H,5-15H2,1-3H3. The molecule has 0 aliphatic carbocycles. The van der Waals surface area contributed by atoms with E-state index in [0.717, 1.165) is 25.9 Å². The van der Waals surface area contributed by atoms with Gasteiger partial charge in [0.2, 0.25) is 0 Å². The second-order valence-electron chi connectivity index (χ2n) is 6.18. The van der Waals surface area contributed by atoms with E-state index in [4.69, 9.17) is 30.3 Å². The monoisotopic (exact) mass is 371 g/mol. The fraction of sp³-hybridized carbons (Fsp3) is 0.895. The van der Waals surface area contributed by atoms with Gasteiger partial charge < -0.3 is 23.7 Å². The maximum absolute atomic E-state index is 12.5. The Hall–Kier alpha value is -1.20. The quantitative estimate of drug-likeness (QED) is 0.214. The van der Waals surface area contributed by atoms with Gasteiger partial charge in [-0.05, 0) is 46.5 Å². The van der Waals surface area contributed by atoms with Crippen LogP contribution in [-0.2, 0) is 28.5 Å². The molecular formula is C19H33NO6. The summed E-state index contributed by atoms with van der Waals surface area (Å²) in [4.78, 5) is 16.2. The molecule has 7 heteroatoms. The minimum atomic E-state index is -1.32. The second kappa shape index (κ2) is 13.0. The Morgan fingerprint density at radius 2 is 1.96 bits per heavy atom. The van der Waals surface area contributed by atoms with Crippen molar-refractivity contribution in [2.24, 2.45) is 0 Å². The number of carbonyl (C=O) groups is 1. The normalized spacial score (nSPS) is 19.7. The van der Waals surface area contributed by atoms with Crippen LogP contribution >= 0.6 is 0 Å². The van der Waals surface area contributed by atoms with Gasteiger partial charge in [-0.1, -0.05) is 0 Å². The molecular weight excluding hydrogens is 338 g/mol. The molecule has 0 amide bonds. The van der Waals surface area contributed by atoms with Crippen molar-refractivity contribution in [2.75, 3.05) is 33.0 Å². The zero-order valence-corrected chi connectivity index (χ0v) is 16.3. The largest absolute Gasteiger partial charge is 0.460 e. The molecule has 1 aliphatic rings. The zero-order valence-electron chi connectivity index (χ0n) is 16.3. The summed E-state index contributed by atoms with van der Waals surface area (Å²) in [6.45, 7) is 15.4. The fourth-order valence-corrected chi connectivity index (χ4v) is 2.94. The molecule has 1 aliphatic heterocycles. The van der Waals surface area contributed by atoms with Crippen LogP contribution < -0.4 is 0 Å². The Labute approximate surface area is 157 Å². The summed E-state index contributed by atoms with van der Waals surface area (Å²) in [5.41, 5.74) is -1.32. The molecule has 7 nitrogen and oxygen atoms in total. The Kier molecular flexibility index (Phi) is 11.5. The van der Waals surface area contributed by atoms with Gasteiger partial charge in [-0.15, -0.1) is 0 Å². The van der Waals surface area contributed by atoms with Gasteiger partial charge in [-0.25, -0.2) is 11.4 Å². The topological polar surface area (TPSA) is 67.6 Å². The molecule has 1 rings (SSSR count). The SMILES string of the molecule is [C-]#[N+]C(CCCOC1CCCCO1)(CC(OCC)OCC)C(=O)OCC. The predicted molar refractivity (Wildman–Crippen MR) is 96.4 cm³/mol. The smallest absolute Gasteiger partial charge is 0.393 e. The average molecular weight is 371 g/mol. The number of carbonyl (C=O) groups excluding carboxylic acids is 1. The molecule has 0 spiro atoms. The maximum atomic E-state index is 12.5. The van der Waals surface area contributed by atoms with E-state index in [1.54, 1.807) is 6.92 Å². The molecule has 0 aromatic heterocycles. The highest BCUT2D eigenvalue weighted by Crippen LogP contribution is 2.29. The third-order valence-corrected chi connectivity index (χ3v) is 4.26. The van der Waals surface area contributed by atoms with Gasteiger partial charge >= 0.3 is 11.5 Å². The van der Waals surface area contributed by atoms with Crippen LogP contribution in [-0.4, -0.2) is 57.1 Å². The number of ether oxygens (including phenoxy) is 5. The van der Waals surface area contributed by atoms with E-state index in [1.165, 1.54) is 0 Å². The van der Waals surface area contributed by atoms with Crippen molar-refractivity contribution in [3.05, 3.63) is 11.4 Å². The molecule has 0 bridgehead atoms. The van der Waals surface area contributed by atoms with Crippen LogP contribution in [0.2, 0.25) is 0 Å². The number of nitrogens with zero attached hydrogens (tertiary/aromatic N) is 1. The number of hydrogen-bond acceptors (Lipinski definition) is 6. The third kappa shape index (κ3) is 7.58. The molecule has 1 heterocycles. The Balaban J connectivity index is 2.66. The van der Waals surface area contributed by atoms with Crippen molar-refractivity contribution in [1.29, 1.82) is 0 Å². The molecule has 2 atom stereocenters. The lowest BCUT2D eigenvalue weighted by Crippen LogP contribution is -2.42. The summed E-state index contributed by atoms with van der Waals surface area (Å²) in [7, 11) is 0. The lowest BCUT2D eigenvalue weighted by atomic mass is 9.90. The van der Waals surface area contributed by atoms with Crippen LogP contribution in [0.15, 0.2) is 0 Å². The van der Waals surface area contributed by atoms with Crippen molar-refractivity contribution in [3.8, 4) is 0 Å². The number of esters is 1. The van der Waals surface area contributed by atoms with Crippen LogP contribution in [0.25, 0.3) is 4.85 Å². The molecule has 0 radical (unpaired) electrons. The first kappa shape index (κ1) is 22.8. The molecule has 0 saturated carbocycles. The minimum Gasteiger partial charge on any atom is -0.460 e. The molecule has 1 fully saturated rings. The Morgan fingerprint density at radius 3 is 2.50 bits per heavy atom. The molecule has 26 heavy (non-hydrogen) atoms. The highest BCUT2D eigenvalue weighted by Gasteiger charge is 2.49. The van der Waals surface area contributed by atoms with Crippen molar-refractivity contribution < 1.29 is 28.5 Å². The first-order valence-corrected chi connectivity index (χ1v) is 9.64. The highest BCUT2D eigenvalue weighted by atomic mass is 16.7. The predicted octanol–water partition coefficient (Wildman–Crippen LogP) is 3.32. The van der Waals surface area contributed by atoms with E-state index in [2.05, 4.69) is 4.85 Å². The number of hydrogen-bond donors (Lipinski definition) is 0. The van der Waals surface area contributed by atoms with E-state index in [1.807, 2.05) is 13.8 Å². The van der Waals surface area contributed by atoms with Crippen molar-refractivity contribution >= 4 is 5.97 Å². The first-order chi connectivity index (χ1) is 12.6. The van der Waals surface area contributed by atoms with Crippen LogP contribution in [0.3, 0.4) is 0 Å². The van der Waals surface area contributed by atoms with Gasteiger partial charge in [0.1, 0.15) is 0 Å². The van der Waals surface area contributed by atoms with E-state index in [9.17, 15) is 4.79 Å². The van der Waals surface area contributed by atoms with Crippen LogP contribution in [0.5, 0.6) is 0 Å². The van der Waals surface area contributed by atoms with E-state index < -0.39 is 17.8 Å². The van der Waals surface area contributed by atoms with Crippen LogP contribution in [0.4, 0.5) is 0 Å². The Morgan fingerprint density at radius 1 is 1.23 bits per heavy atom.